The number of carbonyl (C=O) groups is 1. The molecule has 1 aromatic carbocycles. The molecule has 5 aromatic heterocycles. The van der Waals surface area contributed by atoms with Crippen LogP contribution in [0.1, 0.15) is 13.3 Å². The number of pyridine rings is 3. The van der Waals surface area contributed by atoms with Crippen LogP contribution in [-0.2, 0) is 4.79 Å². The van der Waals surface area contributed by atoms with Gasteiger partial charge in [0, 0.05) is 58.7 Å². The van der Waals surface area contributed by atoms with Crippen LogP contribution >= 0.6 is 0 Å². The Hall–Kier alpha value is -5.05. The maximum atomic E-state index is 11.6. The van der Waals surface area contributed by atoms with E-state index in [4.69, 9.17) is 5.84 Å². The van der Waals surface area contributed by atoms with Crippen molar-refractivity contribution in [3.05, 3.63) is 79.4 Å². The molecule has 0 saturated heterocycles. The number of rotatable bonds is 5. The number of nitrogens with one attached hydrogen (secondary N) is 2. The molecule has 4 N–H and O–H groups in total. The van der Waals surface area contributed by atoms with E-state index in [9.17, 15) is 4.79 Å². The van der Waals surface area contributed by atoms with E-state index in [1.54, 1.807) is 36.3 Å². The van der Waals surface area contributed by atoms with Crippen LogP contribution in [0.3, 0.4) is 0 Å². The maximum Gasteiger partial charge on any atom is 0.225 e. The fourth-order valence-corrected chi connectivity index (χ4v) is 4.34. The van der Waals surface area contributed by atoms with E-state index in [0.29, 0.717) is 17.9 Å². The number of nitrogens with zero attached hydrogens (tertiary/aromatic N) is 5. The summed E-state index contributed by atoms with van der Waals surface area (Å²) in [7, 11) is 0. The molecule has 0 unspecified atom stereocenters. The SMILES string of the molecule is CCC(=O)Nc1ccc(-c2cnc3n[nH]c(-c4cc5c(-c6cccnc6)cccc5n4N)c3c2)cn1. The molecule has 176 valence electrons. The van der Waals surface area contributed by atoms with Crippen molar-refractivity contribution in [2.24, 2.45) is 0 Å². The molecular formula is C27H22N8O. The van der Waals surface area contributed by atoms with E-state index < -0.39 is 0 Å². The Morgan fingerprint density at radius 1 is 0.972 bits per heavy atom. The van der Waals surface area contributed by atoms with E-state index in [1.165, 1.54) is 0 Å². The van der Waals surface area contributed by atoms with Gasteiger partial charge < -0.3 is 11.2 Å². The molecule has 0 spiro atoms. The molecule has 0 bridgehead atoms. The first-order valence-corrected chi connectivity index (χ1v) is 11.5. The number of aromatic nitrogens is 6. The van der Waals surface area contributed by atoms with Crippen molar-refractivity contribution in [3.8, 4) is 33.6 Å². The number of benzene rings is 1. The molecule has 0 radical (unpaired) electrons. The summed E-state index contributed by atoms with van der Waals surface area (Å²) in [6.07, 6.45) is 7.47. The minimum Gasteiger partial charge on any atom is -0.339 e. The Labute approximate surface area is 206 Å². The number of fused-ring (bicyclic) bond motifs is 2. The van der Waals surface area contributed by atoms with Gasteiger partial charge in [0.05, 0.1) is 16.9 Å². The van der Waals surface area contributed by atoms with Gasteiger partial charge >= 0.3 is 0 Å². The van der Waals surface area contributed by atoms with E-state index in [1.807, 2.05) is 42.6 Å². The molecule has 0 aliphatic heterocycles. The summed E-state index contributed by atoms with van der Waals surface area (Å²) in [6, 6.07) is 17.8. The third kappa shape index (κ3) is 3.63. The molecule has 6 aromatic rings. The summed E-state index contributed by atoms with van der Waals surface area (Å²) < 4.78 is 1.67. The van der Waals surface area contributed by atoms with Gasteiger partial charge in [0.1, 0.15) is 5.82 Å². The van der Waals surface area contributed by atoms with Crippen molar-refractivity contribution >= 4 is 33.7 Å². The average Bonchev–Trinajstić information content (AvgIpc) is 3.49. The lowest BCUT2D eigenvalue weighted by Crippen LogP contribution is -2.10. The molecule has 0 saturated carbocycles. The van der Waals surface area contributed by atoms with Crippen molar-refractivity contribution < 1.29 is 4.79 Å². The van der Waals surface area contributed by atoms with Crippen molar-refractivity contribution in [1.29, 1.82) is 0 Å². The largest absolute Gasteiger partial charge is 0.339 e. The third-order valence-corrected chi connectivity index (χ3v) is 6.21. The molecule has 5 heterocycles. The van der Waals surface area contributed by atoms with Gasteiger partial charge in [-0.05, 0) is 42.0 Å². The fourth-order valence-electron chi connectivity index (χ4n) is 4.34. The molecule has 9 heteroatoms. The molecule has 36 heavy (non-hydrogen) atoms. The van der Waals surface area contributed by atoms with Crippen molar-refractivity contribution in [2.45, 2.75) is 13.3 Å². The van der Waals surface area contributed by atoms with Crippen LogP contribution in [0.25, 0.3) is 55.6 Å². The third-order valence-electron chi connectivity index (χ3n) is 6.21. The van der Waals surface area contributed by atoms with Crippen LogP contribution in [0.15, 0.2) is 79.4 Å². The molecule has 0 aliphatic carbocycles. The Bertz CT molecular complexity index is 1720. The topological polar surface area (TPSA) is 127 Å². The number of hydrogen-bond donors (Lipinski definition) is 3. The predicted octanol–water partition coefficient (Wildman–Crippen LogP) is 4.77. The minimum atomic E-state index is -0.0785. The molecule has 0 atom stereocenters. The highest BCUT2D eigenvalue weighted by Crippen LogP contribution is 2.35. The molecule has 0 fully saturated rings. The lowest BCUT2D eigenvalue weighted by atomic mass is 10.0. The van der Waals surface area contributed by atoms with Gasteiger partial charge in [0.25, 0.3) is 0 Å². The number of H-pyrrole nitrogens is 1. The maximum absolute atomic E-state index is 11.6. The highest BCUT2D eigenvalue weighted by Gasteiger charge is 2.18. The molecule has 9 nitrogen and oxygen atoms in total. The highest BCUT2D eigenvalue weighted by atomic mass is 16.1. The number of carbonyl (C=O) groups excluding carboxylic acids is 1. The summed E-state index contributed by atoms with van der Waals surface area (Å²) >= 11 is 0. The fraction of sp³-hybridized carbons (Fsp3) is 0.0741. The van der Waals surface area contributed by atoms with E-state index in [-0.39, 0.29) is 5.91 Å². The summed E-state index contributed by atoms with van der Waals surface area (Å²) in [5.74, 6) is 7.01. The highest BCUT2D eigenvalue weighted by molar-refractivity contribution is 6.01. The monoisotopic (exact) mass is 474 g/mol. The van der Waals surface area contributed by atoms with Gasteiger partial charge in [-0.2, -0.15) is 5.10 Å². The number of hydrogen-bond acceptors (Lipinski definition) is 6. The first-order valence-electron chi connectivity index (χ1n) is 11.5. The summed E-state index contributed by atoms with van der Waals surface area (Å²) in [6.45, 7) is 1.80. The smallest absolute Gasteiger partial charge is 0.225 e. The van der Waals surface area contributed by atoms with Crippen LogP contribution in [0, 0.1) is 0 Å². The number of anilines is 1. The summed E-state index contributed by atoms with van der Waals surface area (Å²) in [4.78, 5) is 24.8. The van der Waals surface area contributed by atoms with Crippen LogP contribution in [0.4, 0.5) is 5.82 Å². The molecule has 1 amide bonds. The molecule has 6 rings (SSSR count). The molecular weight excluding hydrogens is 452 g/mol. The Morgan fingerprint density at radius 3 is 2.64 bits per heavy atom. The van der Waals surface area contributed by atoms with Crippen molar-refractivity contribution in [1.82, 2.24) is 29.8 Å². The zero-order chi connectivity index (χ0) is 24.6. The second-order valence-electron chi connectivity index (χ2n) is 8.41. The normalized spacial score (nSPS) is 11.2. The van der Waals surface area contributed by atoms with Crippen molar-refractivity contribution in [2.75, 3.05) is 11.2 Å². The Kier molecular flexibility index (Phi) is 5.15. The number of nitrogen functional groups attached to an aromatic ring is 1. The summed E-state index contributed by atoms with van der Waals surface area (Å²) in [5, 5.41) is 12.1. The van der Waals surface area contributed by atoms with Gasteiger partial charge in [-0.25, -0.2) is 9.97 Å². The second kappa shape index (κ2) is 8.62. The lowest BCUT2D eigenvalue weighted by Gasteiger charge is -2.06. The van der Waals surface area contributed by atoms with Gasteiger partial charge in [-0.3, -0.25) is 19.6 Å². The predicted molar refractivity (Wildman–Crippen MR) is 140 cm³/mol. The first kappa shape index (κ1) is 21.5. The first-order chi connectivity index (χ1) is 17.6. The van der Waals surface area contributed by atoms with E-state index >= 15 is 0 Å². The van der Waals surface area contributed by atoms with Crippen LogP contribution < -0.4 is 11.2 Å². The van der Waals surface area contributed by atoms with Gasteiger partial charge in [-0.1, -0.05) is 25.1 Å². The minimum absolute atomic E-state index is 0.0785. The standard InChI is InChI=1S/C27H22N8O/c1-2-25(36)32-24-9-8-16(14-30-24)18-11-21-26(33-34-27(21)31-15-18)23-12-20-19(17-5-4-10-29-13-17)6-3-7-22(20)35(23)28/h3-15H,2,28H2,1H3,(H,30,32,36)(H,31,33,34). The number of nitrogens with two attached hydrogens (primary N) is 1. The average molecular weight is 475 g/mol. The molecule has 0 aliphatic rings. The lowest BCUT2D eigenvalue weighted by molar-refractivity contribution is -0.115. The van der Waals surface area contributed by atoms with Crippen LogP contribution in [0.2, 0.25) is 0 Å². The zero-order valence-corrected chi connectivity index (χ0v) is 19.4. The number of amides is 1. The van der Waals surface area contributed by atoms with Crippen molar-refractivity contribution in [3.63, 3.8) is 0 Å². The van der Waals surface area contributed by atoms with Crippen LogP contribution in [-0.4, -0.2) is 35.7 Å². The quantitative estimate of drug-likeness (QED) is 0.309. The van der Waals surface area contributed by atoms with Gasteiger partial charge in [0.15, 0.2) is 5.65 Å². The summed E-state index contributed by atoms with van der Waals surface area (Å²) in [5.41, 5.74) is 6.87. The Morgan fingerprint density at radius 2 is 1.86 bits per heavy atom. The number of aromatic amines is 1. The Balaban J connectivity index is 1.43. The van der Waals surface area contributed by atoms with Crippen LogP contribution in [0.5, 0.6) is 0 Å². The second-order valence-corrected chi connectivity index (χ2v) is 8.41. The van der Waals surface area contributed by atoms with E-state index in [2.05, 4.69) is 42.6 Å². The zero-order valence-electron chi connectivity index (χ0n) is 19.4. The van der Waals surface area contributed by atoms with Gasteiger partial charge in [-0.15, -0.1) is 0 Å². The van der Waals surface area contributed by atoms with Gasteiger partial charge in [0.2, 0.25) is 5.91 Å². The van der Waals surface area contributed by atoms with E-state index in [0.717, 1.165) is 49.9 Å².